The molecule has 1 rings (SSSR count). The van der Waals surface area contributed by atoms with E-state index in [-0.39, 0.29) is 5.97 Å². The van der Waals surface area contributed by atoms with Gasteiger partial charge in [0.1, 0.15) is 8.07 Å². The minimum Gasteiger partial charge on any atom is -0.466 e. The molecule has 0 atom stereocenters. The van der Waals surface area contributed by atoms with Gasteiger partial charge < -0.3 is 4.74 Å². The molecular weight excluding hydrogens is 204 g/mol. The average molecular weight is 222 g/mol. The molecular formula is C12H18O2Si. The van der Waals surface area contributed by atoms with Crippen LogP contribution in [0.15, 0.2) is 11.1 Å². The number of carbonyl (C=O) groups excluding carboxylic acids is 1. The van der Waals surface area contributed by atoms with E-state index in [1.807, 2.05) is 0 Å². The van der Waals surface area contributed by atoms with Gasteiger partial charge >= 0.3 is 5.97 Å². The van der Waals surface area contributed by atoms with E-state index in [0.29, 0.717) is 0 Å². The van der Waals surface area contributed by atoms with Crippen LogP contribution in [-0.4, -0.2) is 21.2 Å². The third-order valence-corrected chi connectivity index (χ3v) is 3.11. The quantitative estimate of drug-likeness (QED) is 0.387. The Labute approximate surface area is 92.7 Å². The maximum Gasteiger partial charge on any atom is 0.334 e. The number of hydrogen-bond donors (Lipinski definition) is 0. The molecule has 0 aromatic rings. The monoisotopic (exact) mass is 222 g/mol. The van der Waals surface area contributed by atoms with Crippen LogP contribution in [0.4, 0.5) is 0 Å². The van der Waals surface area contributed by atoms with Crippen molar-refractivity contribution >= 4 is 14.0 Å². The smallest absolute Gasteiger partial charge is 0.334 e. The zero-order valence-electron chi connectivity index (χ0n) is 9.94. The molecule has 0 aliphatic heterocycles. The summed E-state index contributed by atoms with van der Waals surface area (Å²) in [4.78, 5) is 11.4. The lowest BCUT2D eigenvalue weighted by atomic mass is 10.2. The zero-order chi connectivity index (χ0) is 11.5. The number of allylic oxidation sites excluding steroid dienone is 1. The zero-order valence-corrected chi connectivity index (χ0v) is 10.9. The molecule has 0 radical (unpaired) electrons. The van der Waals surface area contributed by atoms with Crippen LogP contribution in [0.3, 0.4) is 0 Å². The van der Waals surface area contributed by atoms with Crippen molar-refractivity contribution in [3.05, 3.63) is 11.1 Å². The van der Waals surface area contributed by atoms with Crippen LogP contribution >= 0.6 is 0 Å². The lowest BCUT2D eigenvalue weighted by Gasteiger charge is -2.04. The summed E-state index contributed by atoms with van der Waals surface area (Å²) < 4.78 is 4.74. The van der Waals surface area contributed by atoms with Crippen molar-refractivity contribution in [3.63, 3.8) is 0 Å². The van der Waals surface area contributed by atoms with Gasteiger partial charge in [-0.1, -0.05) is 25.6 Å². The first-order chi connectivity index (χ1) is 6.94. The molecule has 2 nitrogen and oxygen atoms in total. The van der Waals surface area contributed by atoms with Crippen molar-refractivity contribution in [2.45, 2.75) is 38.9 Å². The summed E-state index contributed by atoms with van der Waals surface area (Å²) in [7, 11) is 0.0811. The van der Waals surface area contributed by atoms with Gasteiger partial charge in [-0.2, -0.15) is 0 Å². The molecule has 0 amide bonds. The Morgan fingerprint density at radius 1 is 1.33 bits per heavy atom. The standard InChI is InChI=1S/C12H18O2Si/c1-14-12(13)11-7-5-6-10(11)8-9-15(2,3)4/h5-7H2,1-4H3. The van der Waals surface area contributed by atoms with Gasteiger partial charge in [0, 0.05) is 11.1 Å². The minimum absolute atomic E-state index is 0.202. The van der Waals surface area contributed by atoms with E-state index < -0.39 is 8.07 Å². The van der Waals surface area contributed by atoms with Gasteiger partial charge in [0.2, 0.25) is 0 Å². The van der Waals surface area contributed by atoms with E-state index in [4.69, 9.17) is 4.74 Å². The Morgan fingerprint density at radius 3 is 2.53 bits per heavy atom. The number of esters is 1. The van der Waals surface area contributed by atoms with E-state index in [2.05, 4.69) is 31.1 Å². The van der Waals surface area contributed by atoms with E-state index in [0.717, 1.165) is 30.4 Å². The molecule has 0 saturated carbocycles. The minimum atomic E-state index is -1.35. The number of hydrogen-bond acceptors (Lipinski definition) is 2. The third kappa shape index (κ3) is 3.56. The fourth-order valence-corrected chi connectivity index (χ4v) is 2.02. The molecule has 0 fully saturated rings. The Bertz CT molecular complexity index is 350. The van der Waals surface area contributed by atoms with Gasteiger partial charge in [0.05, 0.1) is 7.11 Å². The summed E-state index contributed by atoms with van der Waals surface area (Å²) >= 11 is 0. The highest BCUT2D eigenvalue weighted by Crippen LogP contribution is 2.26. The van der Waals surface area contributed by atoms with Crippen molar-refractivity contribution in [1.29, 1.82) is 0 Å². The summed E-state index contributed by atoms with van der Waals surface area (Å²) in [6.07, 6.45) is 2.78. The first-order valence-corrected chi connectivity index (χ1v) is 8.77. The average Bonchev–Trinajstić information content (AvgIpc) is 2.60. The highest BCUT2D eigenvalue weighted by molar-refractivity contribution is 6.83. The molecule has 0 aromatic carbocycles. The van der Waals surface area contributed by atoms with Crippen molar-refractivity contribution in [2.24, 2.45) is 0 Å². The lowest BCUT2D eigenvalue weighted by molar-refractivity contribution is -0.136. The second kappa shape index (κ2) is 4.67. The summed E-state index contributed by atoms with van der Waals surface area (Å²) in [6.45, 7) is 6.61. The van der Waals surface area contributed by atoms with E-state index in [9.17, 15) is 4.79 Å². The lowest BCUT2D eigenvalue weighted by Crippen LogP contribution is -2.16. The SMILES string of the molecule is COC(=O)C1=C(C#C[Si](C)(C)C)CCC1. The van der Waals surface area contributed by atoms with Gasteiger partial charge in [-0.25, -0.2) is 4.79 Å². The van der Waals surface area contributed by atoms with E-state index in [1.54, 1.807) is 0 Å². The first-order valence-electron chi connectivity index (χ1n) is 5.27. The van der Waals surface area contributed by atoms with Crippen LogP contribution < -0.4 is 0 Å². The molecule has 1 aliphatic rings. The van der Waals surface area contributed by atoms with E-state index >= 15 is 0 Å². The molecule has 82 valence electrons. The molecule has 0 N–H and O–H groups in total. The fourth-order valence-electron chi connectivity index (χ4n) is 1.49. The normalized spacial score (nSPS) is 16.0. The maximum absolute atomic E-state index is 11.4. The van der Waals surface area contributed by atoms with Crippen molar-refractivity contribution in [2.75, 3.05) is 7.11 Å². The van der Waals surface area contributed by atoms with Crippen LogP contribution in [0.25, 0.3) is 0 Å². The molecule has 0 heterocycles. The van der Waals surface area contributed by atoms with Crippen molar-refractivity contribution in [1.82, 2.24) is 0 Å². The summed E-state index contributed by atoms with van der Waals surface area (Å²) in [6, 6.07) is 0. The topological polar surface area (TPSA) is 26.3 Å². The van der Waals surface area contributed by atoms with Crippen LogP contribution in [-0.2, 0) is 9.53 Å². The van der Waals surface area contributed by atoms with Gasteiger partial charge in [0.15, 0.2) is 0 Å². The molecule has 0 unspecified atom stereocenters. The second-order valence-electron chi connectivity index (χ2n) is 4.80. The van der Waals surface area contributed by atoms with Gasteiger partial charge in [0.25, 0.3) is 0 Å². The predicted octanol–water partition coefficient (Wildman–Crippen LogP) is 2.52. The largest absolute Gasteiger partial charge is 0.466 e. The molecule has 0 saturated heterocycles. The number of ether oxygens (including phenoxy) is 1. The van der Waals surface area contributed by atoms with E-state index in [1.165, 1.54) is 7.11 Å². The summed E-state index contributed by atoms with van der Waals surface area (Å²) in [5.74, 6) is 2.98. The molecule has 15 heavy (non-hydrogen) atoms. The Hall–Kier alpha value is -1.01. The van der Waals surface area contributed by atoms with Crippen LogP contribution in [0.5, 0.6) is 0 Å². The van der Waals surface area contributed by atoms with Crippen LogP contribution in [0.1, 0.15) is 19.3 Å². The number of rotatable bonds is 1. The molecule has 3 heteroatoms. The van der Waals surface area contributed by atoms with Crippen LogP contribution in [0, 0.1) is 11.5 Å². The van der Waals surface area contributed by atoms with Gasteiger partial charge in [-0.3, -0.25) is 0 Å². The van der Waals surface area contributed by atoms with Crippen molar-refractivity contribution < 1.29 is 9.53 Å². The summed E-state index contributed by atoms with van der Waals surface area (Å²) in [5.41, 5.74) is 5.09. The highest BCUT2D eigenvalue weighted by atomic mass is 28.3. The predicted molar refractivity (Wildman–Crippen MR) is 64.0 cm³/mol. The van der Waals surface area contributed by atoms with Crippen LogP contribution in [0.2, 0.25) is 19.6 Å². The Balaban J connectivity index is 2.91. The Morgan fingerprint density at radius 2 is 2.00 bits per heavy atom. The van der Waals surface area contributed by atoms with Crippen molar-refractivity contribution in [3.8, 4) is 11.5 Å². The van der Waals surface area contributed by atoms with Gasteiger partial charge in [-0.15, -0.1) is 5.54 Å². The molecule has 0 spiro atoms. The maximum atomic E-state index is 11.4. The summed E-state index contributed by atoms with van der Waals surface area (Å²) in [5, 5.41) is 0. The third-order valence-electron chi connectivity index (χ3n) is 2.24. The molecule has 0 aromatic heterocycles. The fraction of sp³-hybridized carbons (Fsp3) is 0.583. The molecule has 0 bridgehead atoms. The van der Waals surface area contributed by atoms with Gasteiger partial charge in [-0.05, 0) is 19.3 Å². The number of methoxy groups -OCH3 is 1. The Kier molecular flexibility index (Phi) is 3.76. The highest BCUT2D eigenvalue weighted by Gasteiger charge is 2.20. The second-order valence-corrected chi connectivity index (χ2v) is 9.55. The first kappa shape index (κ1) is 12.1. The molecule has 1 aliphatic carbocycles. The number of carbonyl (C=O) groups is 1.